The third-order valence-electron chi connectivity index (χ3n) is 4.25. The van der Waals surface area contributed by atoms with Gasteiger partial charge in [-0.15, -0.1) is 0 Å². The first-order valence-corrected chi connectivity index (χ1v) is 8.76. The number of halogens is 1. The Kier molecular flexibility index (Phi) is 4.64. The Balaban J connectivity index is 1.75. The molecule has 6 nitrogen and oxygen atoms in total. The monoisotopic (exact) mass is 381 g/mol. The van der Waals surface area contributed by atoms with E-state index in [1.165, 1.54) is 6.20 Å². The molecule has 1 aromatic heterocycles. The molecule has 0 bridgehead atoms. The van der Waals surface area contributed by atoms with E-state index >= 15 is 0 Å². The highest BCUT2D eigenvalue weighted by Gasteiger charge is 2.27. The molecule has 0 aliphatic carbocycles. The van der Waals surface area contributed by atoms with E-state index in [2.05, 4.69) is 9.97 Å². The minimum Gasteiger partial charge on any atom is -0.496 e. The first-order valence-electron chi connectivity index (χ1n) is 8.38. The second-order valence-corrected chi connectivity index (χ2v) is 6.33. The summed E-state index contributed by atoms with van der Waals surface area (Å²) in [6.45, 7) is 0.756. The number of ether oxygens (including phenoxy) is 2. The van der Waals surface area contributed by atoms with Gasteiger partial charge < -0.3 is 14.4 Å². The average Bonchev–Trinajstić information content (AvgIpc) is 2.87. The van der Waals surface area contributed by atoms with Gasteiger partial charge in [0.05, 0.1) is 19.2 Å². The van der Waals surface area contributed by atoms with Crippen LogP contribution in [-0.4, -0.2) is 36.1 Å². The molecule has 4 rings (SSSR count). The Labute approximate surface area is 161 Å². The van der Waals surface area contributed by atoms with Crippen molar-refractivity contribution in [2.45, 2.75) is 0 Å². The zero-order valence-corrected chi connectivity index (χ0v) is 15.3. The number of para-hydroxylation sites is 1. The van der Waals surface area contributed by atoms with Crippen molar-refractivity contribution >= 4 is 23.2 Å². The van der Waals surface area contributed by atoms with Crippen LogP contribution >= 0.6 is 11.6 Å². The van der Waals surface area contributed by atoms with Crippen LogP contribution in [0, 0.1) is 0 Å². The number of methoxy groups -OCH3 is 1. The number of nitrogens with zero attached hydrogens (tertiary/aromatic N) is 3. The molecule has 2 heterocycles. The van der Waals surface area contributed by atoms with Crippen LogP contribution < -0.4 is 14.4 Å². The number of benzene rings is 2. The van der Waals surface area contributed by atoms with E-state index in [-0.39, 0.29) is 11.8 Å². The summed E-state index contributed by atoms with van der Waals surface area (Å²) in [5.41, 5.74) is 1.76. The van der Waals surface area contributed by atoms with Gasteiger partial charge in [0.1, 0.15) is 17.9 Å². The van der Waals surface area contributed by atoms with Gasteiger partial charge in [0.25, 0.3) is 5.91 Å². The zero-order valence-electron chi connectivity index (χ0n) is 14.6. The van der Waals surface area contributed by atoms with E-state index in [1.807, 2.05) is 30.3 Å². The highest BCUT2D eigenvalue weighted by Crippen LogP contribution is 2.32. The van der Waals surface area contributed by atoms with E-state index < -0.39 is 0 Å². The fourth-order valence-electron chi connectivity index (χ4n) is 2.94. The van der Waals surface area contributed by atoms with Gasteiger partial charge >= 0.3 is 0 Å². The quantitative estimate of drug-likeness (QED) is 0.689. The molecule has 1 aliphatic rings. The van der Waals surface area contributed by atoms with Crippen molar-refractivity contribution in [3.63, 3.8) is 0 Å². The predicted molar refractivity (Wildman–Crippen MR) is 103 cm³/mol. The summed E-state index contributed by atoms with van der Waals surface area (Å²) in [5.74, 6) is 1.03. The molecular weight excluding hydrogens is 366 g/mol. The number of anilines is 1. The molecule has 3 aromatic rings. The maximum atomic E-state index is 13.0. The molecule has 0 saturated heterocycles. The molecule has 0 fully saturated rings. The number of rotatable bonds is 3. The van der Waals surface area contributed by atoms with Gasteiger partial charge in [-0.05, 0) is 30.3 Å². The summed E-state index contributed by atoms with van der Waals surface area (Å²) in [6, 6.07) is 14.6. The number of carbonyl (C=O) groups excluding carboxylic acids is 1. The van der Waals surface area contributed by atoms with Gasteiger partial charge in [-0.2, -0.15) is 4.98 Å². The maximum Gasteiger partial charge on any atom is 0.265 e. The van der Waals surface area contributed by atoms with Gasteiger partial charge in [-0.25, -0.2) is 4.98 Å². The highest BCUT2D eigenvalue weighted by molar-refractivity contribution is 6.30. The van der Waals surface area contributed by atoms with Crippen LogP contribution in [0.3, 0.4) is 0 Å². The first kappa shape index (κ1) is 17.3. The lowest BCUT2D eigenvalue weighted by Crippen LogP contribution is -2.32. The molecule has 0 spiro atoms. The topological polar surface area (TPSA) is 64.6 Å². The number of hydrogen-bond donors (Lipinski definition) is 0. The molecule has 27 heavy (non-hydrogen) atoms. The second-order valence-electron chi connectivity index (χ2n) is 5.90. The van der Waals surface area contributed by atoms with Crippen LogP contribution in [0.5, 0.6) is 11.6 Å². The smallest absolute Gasteiger partial charge is 0.265 e. The Morgan fingerprint density at radius 1 is 1.15 bits per heavy atom. The number of carbonyl (C=O) groups is 1. The van der Waals surface area contributed by atoms with E-state index in [9.17, 15) is 4.79 Å². The maximum absolute atomic E-state index is 13.0. The van der Waals surface area contributed by atoms with Gasteiger partial charge in [0, 0.05) is 16.9 Å². The summed E-state index contributed by atoms with van der Waals surface area (Å²) in [6.07, 6.45) is 1.49. The lowest BCUT2D eigenvalue weighted by Gasteiger charge is -2.19. The number of hydrogen-bond acceptors (Lipinski definition) is 5. The van der Waals surface area contributed by atoms with E-state index in [1.54, 1.807) is 30.2 Å². The van der Waals surface area contributed by atoms with Crippen molar-refractivity contribution in [1.82, 2.24) is 9.97 Å². The lowest BCUT2D eigenvalue weighted by atomic mass is 10.1. The minimum absolute atomic E-state index is 0.196. The minimum atomic E-state index is -0.196. The Hall–Kier alpha value is -3.12. The summed E-state index contributed by atoms with van der Waals surface area (Å²) >= 11 is 6.10. The van der Waals surface area contributed by atoms with Crippen LogP contribution in [0.2, 0.25) is 5.02 Å². The second kappa shape index (κ2) is 7.25. The molecule has 1 amide bonds. The van der Waals surface area contributed by atoms with Gasteiger partial charge in [-0.1, -0.05) is 29.8 Å². The van der Waals surface area contributed by atoms with Gasteiger partial charge in [0.2, 0.25) is 5.88 Å². The summed E-state index contributed by atoms with van der Waals surface area (Å²) in [5, 5.41) is 0.539. The Morgan fingerprint density at radius 3 is 2.74 bits per heavy atom. The van der Waals surface area contributed by atoms with Crippen LogP contribution in [0.15, 0.2) is 54.7 Å². The molecule has 1 aliphatic heterocycles. The van der Waals surface area contributed by atoms with Gasteiger partial charge in [0.15, 0.2) is 5.82 Å². The molecular formula is C20H16ClN3O3. The molecule has 0 radical (unpaired) electrons. The van der Waals surface area contributed by atoms with Gasteiger partial charge in [-0.3, -0.25) is 4.79 Å². The summed E-state index contributed by atoms with van der Waals surface area (Å²) < 4.78 is 11.1. The van der Waals surface area contributed by atoms with Crippen molar-refractivity contribution in [2.24, 2.45) is 0 Å². The van der Waals surface area contributed by atoms with Crippen LogP contribution in [0.25, 0.3) is 11.4 Å². The average molecular weight is 382 g/mol. The van der Waals surface area contributed by atoms with E-state index in [0.29, 0.717) is 40.9 Å². The molecule has 0 unspecified atom stereocenters. The molecule has 2 aromatic carbocycles. The summed E-state index contributed by atoms with van der Waals surface area (Å²) in [4.78, 5) is 23.5. The fourth-order valence-corrected chi connectivity index (χ4v) is 3.11. The first-order chi connectivity index (χ1) is 13.2. The third kappa shape index (κ3) is 3.31. The molecule has 7 heteroatoms. The zero-order chi connectivity index (χ0) is 18.8. The van der Waals surface area contributed by atoms with E-state index in [0.717, 1.165) is 5.69 Å². The predicted octanol–water partition coefficient (Wildman–Crippen LogP) is 3.84. The fraction of sp³-hybridized carbons (Fsp3) is 0.150. The van der Waals surface area contributed by atoms with Crippen LogP contribution in [-0.2, 0) is 0 Å². The van der Waals surface area contributed by atoms with Crippen molar-refractivity contribution in [1.29, 1.82) is 0 Å². The molecule has 0 saturated carbocycles. The molecule has 0 atom stereocenters. The highest BCUT2D eigenvalue weighted by atomic mass is 35.5. The number of amides is 1. The Morgan fingerprint density at radius 2 is 1.96 bits per heavy atom. The summed E-state index contributed by atoms with van der Waals surface area (Å²) in [7, 11) is 1.56. The number of fused-ring (bicyclic) bond motifs is 1. The molecule has 136 valence electrons. The van der Waals surface area contributed by atoms with Crippen LogP contribution in [0.1, 0.15) is 10.4 Å². The van der Waals surface area contributed by atoms with Crippen molar-refractivity contribution in [3.05, 3.63) is 65.3 Å². The standard InChI is InChI=1S/C20H16ClN3O3/c1-26-17-8-7-13(21)11-15(17)18-22-12-16-19(23-18)27-10-9-24(20(16)25)14-5-3-2-4-6-14/h2-8,11-12H,9-10H2,1H3. The lowest BCUT2D eigenvalue weighted by molar-refractivity contribution is 0.0989. The van der Waals surface area contributed by atoms with Crippen LogP contribution in [0.4, 0.5) is 5.69 Å². The van der Waals surface area contributed by atoms with Crippen molar-refractivity contribution < 1.29 is 14.3 Å². The van der Waals surface area contributed by atoms with Crippen molar-refractivity contribution in [2.75, 3.05) is 25.2 Å². The third-order valence-corrected chi connectivity index (χ3v) is 4.49. The SMILES string of the molecule is COc1ccc(Cl)cc1-c1ncc2c(n1)OCCN(c1ccccc1)C2=O. The van der Waals surface area contributed by atoms with E-state index in [4.69, 9.17) is 21.1 Å². The van der Waals surface area contributed by atoms with Crippen molar-refractivity contribution in [3.8, 4) is 23.0 Å². The Bertz CT molecular complexity index is 995. The largest absolute Gasteiger partial charge is 0.496 e. The number of aromatic nitrogens is 2. The normalized spacial score (nSPS) is 13.6. The molecule has 0 N–H and O–H groups in total.